The predicted octanol–water partition coefficient (Wildman–Crippen LogP) is 2.66. The molecule has 0 saturated heterocycles. The van der Waals surface area contributed by atoms with E-state index in [2.05, 4.69) is 29.2 Å². The zero-order chi connectivity index (χ0) is 12.7. The lowest BCUT2D eigenvalue weighted by Crippen LogP contribution is -2.12. The van der Waals surface area contributed by atoms with Crippen LogP contribution in [0.15, 0.2) is 0 Å². The summed E-state index contributed by atoms with van der Waals surface area (Å²) in [6.07, 6.45) is 4.38. The van der Waals surface area contributed by atoms with Gasteiger partial charge in [-0.2, -0.15) is 0 Å². The first kappa shape index (κ1) is 11.9. The van der Waals surface area contributed by atoms with Crippen LogP contribution in [-0.2, 0) is 19.3 Å². The highest BCUT2D eigenvalue weighted by atomic mass is 32.1. The molecular formula is C13H18N4S. The number of nitrogen functional groups attached to an aromatic ring is 1. The zero-order valence-electron chi connectivity index (χ0n) is 10.8. The number of rotatable bonds is 2. The highest BCUT2D eigenvalue weighted by Gasteiger charge is 2.23. The Kier molecular flexibility index (Phi) is 2.95. The number of anilines is 1. The van der Waals surface area contributed by atoms with Crippen molar-refractivity contribution in [2.45, 2.75) is 39.5 Å². The third-order valence-corrected chi connectivity index (χ3v) is 4.80. The van der Waals surface area contributed by atoms with Crippen molar-refractivity contribution >= 4 is 27.4 Å². The lowest BCUT2D eigenvalue weighted by atomic mass is 9.89. The van der Waals surface area contributed by atoms with Gasteiger partial charge in [-0.3, -0.25) is 0 Å². The molecule has 3 rings (SSSR count). The van der Waals surface area contributed by atoms with Gasteiger partial charge in [0.2, 0.25) is 0 Å². The summed E-state index contributed by atoms with van der Waals surface area (Å²) in [6.45, 7) is 4.38. The fourth-order valence-corrected chi connectivity index (χ4v) is 4.05. The molecule has 1 atom stereocenters. The van der Waals surface area contributed by atoms with Crippen LogP contribution in [0.4, 0.5) is 5.82 Å². The number of nitrogens with zero attached hydrogens (tertiary/aromatic N) is 2. The Labute approximate surface area is 111 Å². The molecule has 1 aliphatic carbocycles. The van der Waals surface area contributed by atoms with E-state index in [0.29, 0.717) is 0 Å². The Morgan fingerprint density at radius 1 is 1.44 bits per heavy atom. The molecule has 0 aliphatic heterocycles. The van der Waals surface area contributed by atoms with Gasteiger partial charge in [0.1, 0.15) is 10.7 Å². The summed E-state index contributed by atoms with van der Waals surface area (Å²) in [5.41, 5.74) is 4.17. The molecule has 5 heteroatoms. The van der Waals surface area contributed by atoms with Crippen LogP contribution in [-0.4, -0.2) is 9.97 Å². The molecule has 0 amide bonds. The Morgan fingerprint density at radius 2 is 2.28 bits per heavy atom. The van der Waals surface area contributed by atoms with E-state index in [-0.39, 0.29) is 0 Å². The van der Waals surface area contributed by atoms with Gasteiger partial charge >= 0.3 is 0 Å². The minimum Gasteiger partial charge on any atom is -0.308 e. The third-order valence-electron chi connectivity index (χ3n) is 3.65. The molecule has 4 nitrogen and oxygen atoms in total. The predicted molar refractivity (Wildman–Crippen MR) is 75.8 cm³/mol. The average molecular weight is 262 g/mol. The topological polar surface area (TPSA) is 63.8 Å². The van der Waals surface area contributed by atoms with E-state index in [1.165, 1.54) is 23.3 Å². The zero-order valence-corrected chi connectivity index (χ0v) is 11.6. The maximum absolute atomic E-state index is 5.62. The normalized spacial score (nSPS) is 18.9. The molecule has 0 bridgehead atoms. The fourth-order valence-electron chi connectivity index (χ4n) is 2.65. The van der Waals surface area contributed by atoms with Gasteiger partial charge in [-0.15, -0.1) is 11.3 Å². The summed E-state index contributed by atoms with van der Waals surface area (Å²) in [5.74, 6) is 8.06. The number of aromatic nitrogens is 2. The van der Waals surface area contributed by atoms with Crippen molar-refractivity contribution in [3.63, 3.8) is 0 Å². The van der Waals surface area contributed by atoms with Crippen molar-refractivity contribution in [3.8, 4) is 0 Å². The molecular weight excluding hydrogens is 244 g/mol. The van der Waals surface area contributed by atoms with Crippen LogP contribution in [0.5, 0.6) is 0 Å². The van der Waals surface area contributed by atoms with Gasteiger partial charge in [-0.25, -0.2) is 15.8 Å². The summed E-state index contributed by atoms with van der Waals surface area (Å²) in [4.78, 5) is 11.7. The lowest BCUT2D eigenvalue weighted by Gasteiger charge is -2.18. The van der Waals surface area contributed by atoms with Crippen LogP contribution in [0, 0.1) is 5.92 Å². The van der Waals surface area contributed by atoms with Gasteiger partial charge in [-0.05, 0) is 30.7 Å². The molecule has 1 aliphatic rings. The van der Waals surface area contributed by atoms with Crippen molar-refractivity contribution in [3.05, 3.63) is 16.3 Å². The van der Waals surface area contributed by atoms with Crippen LogP contribution in [0.2, 0.25) is 0 Å². The molecule has 2 aromatic heterocycles. The van der Waals surface area contributed by atoms with Gasteiger partial charge in [0.05, 0.1) is 5.39 Å². The van der Waals surface area contributed by atoms with Gasteiger partial charge in [0, 0.05) is 11.3 Å². The molecule has 18 heavy (non-hydrogen) atoms. The highest BCUT2D eigenvalue weighted by Crippen LogP contribution is 2.39. The van der Waals surface area contributed by atoms with E-state index in [0.717, 1.165) is 40.6 Å². The largest absolute Gasteiger partial charge is 0.308 e. The number of hydrogen-bond donors (Lipinski definition) is 2. The Hall–Kier alpha value is -1.20. The number of hydrogen-bond acceptors (Lipinski definition) is 5. The first-order valence-electron chi connectivity index (χ1n) is 6.50. The average Bonchev–Trinajstić information content (AvgIpc) is 2.74. The number of fused-ring (bicyclic) bond motifs is 3. The van der Waals surface area contributed by atoms with E-state index in [1.54, 1.807) is 0 Å². The number of aryl methyl sites for hydroxylation is 2. The van der Waals surface area contributed by atoms with E-state index in [9.17, 15) is 0 Å². The summed E-state index contributed by atoms with van der Waals surface area (Å²) < 4.78 is 0. The summed E-state index contributed by atoms with van der Waals surface area (Å²) in [6, 6.07) is 0. The molecule has 0 radical (unpaired) electrons. The second-order valence-electron chi connectivity index (χ2n) is 5.02. The summed E-state index contributed by atoms with van der Waals surface area (Å²) in [7, 11) is 0. The van der Waals surface area contributed by atoms with Gasteiger partial charge in [0.15, 0.2) is 5.82 Å². The van der Waals surface area contributed by atoms with Crippen LogP contribution in [0.1, 0.15) is 36.5 Å². The molecule has 0 saturated carbocycles. The lowest BCUT2D eigenvalue weighted by molar-refractivity contribution is 0.509. The molecule has 2 heterocycles. The second-order valence-corrected chi connectivity index (χ2v) is 6.10. The summed E-state index contributed by atoms with van der Waals surface area (Å²) in [5, 5.41) is 1.15. The smallest absolute Gasteiger partial charge is 0.152 e. The quantitative estimate of drug-likeness (QED) is 0.645. The highest BCUT2D eigenvalue weighted by molar-refractivity contribution is 7.19. The Bertz CT molecular complexity index is 590. The van der Waals surface area contributed by atoms with Crippen LogP contribution >= 0.6 is 11.3 Å². The molecule has 0 fully saturated rings. The van der Waals surface area contributed by atoms with Gasteiger partial charge in [0.25, 0.3) is 0 Å². The Morgan fingerprint density at radius 3 is 3.00 bits per heavy atom. The second kappa shape index (κ2) is 4.48. The molecule has 0 aromatic carbocycles. The minimum atomic E-state index is 0.776. The fraction of sp³-hybridized carbons (Fsp3) is 0.538. The monoisotopic (exact) mass is 262 g/mol. The van der Waals surface area contributed by atoms with Crippen molar-refractivity contribution < 1.29 is 0 Å². The SMILES string of the molecule is CCc1nc(NN)c2c3c(sc2n1)C[C@@H](C)CC3. The maximum Gasteiger partial charge on any atom is 0.152 e. The van der Waals surface area contributed by atoms with Crippen molar-refractivity contribution in [2.75, 3.05) is 5.43 Å². The molecule has 0 spiro atoms. The van der Waals surface area contributed by atoms with E-state index >= 15 is 0 Å². The standard InChI is InChI=1S/C13H18N4S/c1-3-10-15-12(17-14)11-8-5-4-7(2)6-9(8)18-13(11)16-10/h7H,3-6,14H2,1-2H3,(H,15,16,17)/t7-/m0/s1. The number of nitrogens with one attached hydrogen (secondary N) is 1. The number of nitrogens with two attached hydrogens (primary N) is 1. The van der Waals surface area contributed by atoms with Crippen molar-refractivity contribution in [1.82, 2.24) is 9.97 Å². The first-order chi connectivity index (χ1) is 8.72. The van der Waals surface area contributed by atoms with Crippen molar-refractivity contribution in [1.29, 1.82) is 0 Å². The molecule has 3 N–H and O–H groups in total. The minimum absolute atomic E-state index is 0.776. The first-order valence-corrected chi connectivity index (χ1v) is 7.32. The molecule has 2 aromatic rings. The van der Waals surface area contributed by atoms with Crippen LogP contribution in [0.25, 0.3) is 10.2 Å². The third kappa shape index (κ3) is 1.78. The maximum atomic E-state index is 5.62. The van der Waals surface area contributed by atoms with E-state index in [1.807, 2.05) is 11.3 Å². The molecule has 0 unspecified atom stereocenters. The number of thiophene rings is 1. The van der Waals surface area contributed by atoms with Crippen molar-refractivity contribution in [2.24, 2.45) is 11.8 Å². The van der Waals surface area contributed by atoms with E-state index < -0.39 is 0 Å². The molecule has 96 valence electrons. The van der Waals surface area contributed by atoms with Crippen LogP contribution < -0.4 is 11.3 Å². The van der Waals surface area contributed by atoms with E-state index in [4.69, 9.17) is 5.84 Å². The van der Waals surface area contributed by atoms with Gasteiger partial charge < -0.3 is 5.43 Å². The van der Waals surface area contributed by atoms with Crippen LogP contribution in [0.3, 0.4) is 0 Å². The Balaban J connectivity index is 2.24. The van der Waals surface area contributed by atoms with Gasteiger partial charge in [-0.1, -0.05) is 13.8 Å². The summed E-state index contributed by atoms with van der Waals surface area (Å²) >= 11 is 1.82. The number of hydrazine groups is 1.